The van der Waals surface area contributed by atoms with Gasteiger partial charge in [-0.2, -0.15) is 5.10 Å². The topological polar surface area (TPSA) is 121 Å². The zero-order valence-electron chi connectivity index (χ0n) is 22.5. The number of aromatic nitrogens is 4. The molecule has 3 aromatic rings. The number of rotatable bonds is 6. The molecule has 6 rings (SSSR count). The molecule has 0 radical (unpaired) electrons. The van der Waals surface area contributed by atoms with Crippen LogP contribution in [-0.2, 0) is 16.1 Å². The van der Waals surface area contributed by atoms with Gasteiger partial charge in [-0.15, -0.1) is 0 Å². The SMILES string of the molecule is CCn1ncc2c(N3CC4CCC(C3)O4)nc(-c3ccc(NC(=O)NCC(=O)N4CCN(C)CC4)cc3)nc21. The summed E-state index contributed by atoms with van der Waals surface area (Å²) in [5.74, 6) is 1.43. The molecule has 2 N–H and O–H groups in total. The van der Waals surface area contributed by atoms with Crippen LogP contribution in [0.1, 0.15) is 19.8 Å². The highest BCUT2D eigenvalue weighted by molar-refractivity contribution is 5.93. The Morgan fingerprint density at radius 3 is 2.44 bits per heavy atom. The average molecular weight is 534 g/mol. The minimum Gasteiger partial charge on any atom is -0.371 e. The normalized spacial score (nSPS) is 21.4. The average Bonchev–Trinajstić information content (AvgIpc) is 3.53. The fraction of sp³-hybridized carbons (Fsp3) is 0.519. The summed E-state index contributed by atoms with van der Waals surface area (Å²) < 4.78 is 7.94. The number of morpholine rings is 1. The molecule has 0 saturated carbocycles. The molecule has 0 aliphatic carbocycles. The third kappa shape index (κ3) is 5.39. The van der Waals surface area contributed by atoms with E-state index in [9.17, 15) is 9.59 Å². The van der Waals surface area contributed by atoms with Crippen LogP contribution in [0.3, 0.4) is 0 Å². The largest absolute Gasteiger partial charge is 0.371 e. The number of hydrogen-bond donors (Lipinski definition) is 2. The van der Waals surface area contributed by atoms with Gasteiger partial charge in [-0.25, -0.2) is 19.4 Å². The van der Waals surface area contributed by atoms with Gasteiger partial charge in [-0.3, -0.25) is 4.79 Å². The van der Waals surface area contributed by atoms with Gasteiger partial charge in [0.15, 0.2) is 11.5 Å². The van der Waals surface area contributed by atoms with Gasteiger partial charge in [-0.1, -0.05) is 0 Å². The molecule has 3 aliphatic heterocycles. The summed E-state index contributed by atoms with van der Waals surface area (Å²) in [5, 5.41) is 11.0. The Morgan fingerprint density at radius 1 is 1.03 bits per heavy atom. The maximum absolute atomic E-state index is 12.4. The van der Waals surface area contributed by atoms with E-state index in [0.717, 1.165) is 61.4 Å². The molecule has 5 heterocycles. The van der Waals surface area contributed by atoms with Crippen LogP contribution < -0.4 is 15.5 Å². The zero-order chi connectivity index (χ0) is 26.9. The number of nitrogens with one attached hydrogen (secondary N) is 2. The first-order chi connectivity index (χ1) is 19.0. The number of piperazine rings is 1. The summed E-state index contributed by atoms with van der Waals surface area (Å²) >= 11 is 0. The molecule has 12 heteroatoms. The molecule has 206 valence electrons. The molecule has 2 bridgehead atoms. The van der Waals surface area contributed by atoms with E-state index < -0.39 is 6.03 Å². The molecule has 3 amide bonds. The number of anilines is 2. The van der Waals surface area contributed by atoms with Crippen LogP contribution in [0, 0.1) is 0 Å². The van der Waals surface area contributed by atoms with Gasteiger partial charge in [0.1, 0.15) is 5.82 Å². The summed E-state index contributed by atoms with van der Waals surface area (Å²) in [6, 6.07) is 7.00. The van der Waals surface area contributed by atoms with Gasteiger partial charge in [-0.05, 0) is 51.1 Å². The predicted octanol–water partition coefficient (Wildman–Crippen LogP) is 1.78. The van der Waals surface area contributed by atoms with E-state index in [4.69, 9.17) is 14.7 Å². The van der Waals surface area contributed by atoms with Crippen LogP contribution in [0.25, 0.3) is 22.4 Å². The van der Waals surface area contributed by atoms with E-state index >= 15 is 0 Å². The van der Waals surface area contributed by atoms with E-state index in [1.54, 1.807) is 4.90 Å². The van der Waals surface area contributed by atoms with Crippen LogP contribution in [0.2, 0.25) is 0 Å². The molecule has 2 aromatic heterocycles. The highest BCUT2D eigenvalue weighted by Gasteiger charge is 2.35. The molecular weight excluding hydrogens is 498 g/mol. The number of hydrogen-bond acceptors (Lipinski definition) is 8. The van der Waals surface area contributed by atoms with E-state index in [0.29, 0.717) is 31.1 Å². The van der Waals surface area contributed by atoms with E-state index in [-0.39, 0.29) is 24.7 Å². The van der Waals surface area contributed by atoms with Gasteiger partial charge in [0, 0.05) is 57.1 Å². The Hall–Kier alpha value is -3.77. The predicted molar refractivity (Wildman–Crippen MR) is 148 cm³/mol. The van der Waals surface area contributed by atoms with Crippen molar-refractivity contribution < 1.29 is 14.3 Å². The number of likely N-dealkylation sites (N-methyl/N-ethyl adjacent to an activating group) is 1. The lowest BCUT2D eigenvalue weighted by atomic mass is 10.2. The van der Waals surface area contributed by atoms with Gasteiger partial charge in [0.2, 0.25) is 5.91 Å². The van der Waals surface area contributed by atoms with Crippen molar-refractivity contribution in [1.29, 1.82) is 0 Å². The summed E-state index contributed by atoms with van der Waals surface area (Å²) in [4.78, 5) is 40.9. The maximum Gasteiger partial charge on any atom is 0.319 e. The number of fused-ring (bicyclic) bond motifs is 3. The number of carbonyl (C=O) groups excluding carboxylic acids is 2. The van der Waals surface area contributed by atoms with Gasteiger partial charge < -0.3 is 30.1 Å². The first kappa shape index (κ1) is 25.5. The lowest BCUT2D eigenvalue weighted by Gasteiger charge is -2.33. The number of amides is 3. The summed E-state index contributed by atoms with van der Waals surface area (Å²) in [6.07, 6.45) is 4.51. The summed E-state index contributed by atoms with van der Waals surface area (Å²) in [5.41, 5.74) is 2.27. The molecule has 1 aromatic carbocycles. The zero-order valence-corrected chi connectivity index (χ0v) is 22.5. The molecule has 2 atom stereocenters. The molecule has 2 unspecified atom stereocenters. The standard InChI is InChI=1S/C27H35N9O3/c1-3-36-26-22(14-29-36)25(35-16-20-8-9-21(17-35)39-20)31-24(32-26)18-4-6-19(7-5-18)30-27(38)28-15-23(37)34-12-10-33(2)11-13-34/h4-7,14,20-21H,3,8-13,15-17H2,1-2H3,(H2,28,30,38). The van der Waals surface area contributed by atoms with Crippen molar-refractivity contribution in [1.82, 2.24) is 34.9 Å². The molecule has 3 fully saturated rings. The van der Waals surface area contributed by atoms with Crippen LogP contribution in [-0.4, -0.2) is 107 Å². The smallest absolute Gasteiger partial charge is 0.319 e. The van der Waals surface area contributed by atoms with Crippen molar-refractivity contribution in [3.8, 4) is 11.4 Å². The quantitative estimate of drug-likeness (QED) is 0.492. The Morgan fingerprint density at radius 2 is 1.74 bits per heavy atom. The second kappa shape index (κ2) is 10.8. The highest BCUT2D eigenvalue weighted by atomic mass is 16.5. The number of aryl methyl sites for hydroxylation is 1. The Balaban J connectivity index is 1.15. The fourth-order valence-corrected chi connectivity index (χ4v) is 5.53. The van der Waals surface area contributed by atoms with E-state index in [1.807, 2.05) is 49.1 Å². The summed E-state index contributed by atoms with van der Waals surface area (Å²) in [6.45, 7) is 7.41. The van der Waals surface area contributed by atoms with Gasteiger partial charge in [0.25, 0.3) is 0 Å². The Labute approximate surface area is 227 Å². The van der Waals surface area contributed by atoms with E-state index in [1.165, 1.54) is 0 Å². The van der Waals surface area contributed by atoms with Crippen molar-refractivity contribution in [3.63, 3.8) is 0 Å². The number of benzene rings is 1. The Bertz CT molecular complexity index is 1340. The Kier molecular flexibility index (Phi) is 7.05. The molecule has 39 heavy (non-hydrogen) atoms. The maximum atomic E-state index is 12.4. The monoisotopic (exact) mass is 533 g/mol. The first-order valence-corrected chi connectivity index (χ1v) is 13.7. The molecule has 3 saturated heterocycles. The lowest BCUT2D eigenvalue weighted by molar-refractivity contribution is -0.131. The van der Waals surface area contributed by atoms with Crippen molar-refractivity contribution in [3.05, 3.63) is 30.5 Å². The van der Waals surface area contributed by atoms with Crippen molar-refractivity contribution >= 4 is 34.5 Å². The number of urea groups is 1. The van der Waals surface area contributed by atoms with Crippen LogP contribution in [0.15, 0.2) is 30.5 Å². The minimum atomic E-state index is -0.418. The van der Waals surface area contributed by atoms with Crippen LogP contribution >= 0.6 is 0 Å². The third-order valence-electron chi connectivity index (χ3n) is 7.78. The molecule has 12 nitrogen and oxygen atoms in total. The number of carbonyl (C=O) groups is 2. The fourth-order valence-electron chi connectivity index (χ4n) is 5.53. The first-order valence-electron chi connectivity index (χ1n) is 13.7. The van der Waals surface area contributed by atoms with Crippen molar-refractivity contribution in [2.45, 2.75) is 38.5 Å². The van der Waals surface area contributed by atoms with Gasteiger partial charge >= 0.3 is 6.03 Å². The van der Waals surface area contributed by atoms with Gasteiger partial charge in [0.05, 0.1) is 30.3 Å². The summed E-state index contributed by atoms with van der Waals surface area (Å²) in [7, 11) is 2.04. The van der Waals surface area contributed by atoms with Crippen molar-refractivity contribution in [2.24, 2.45) is 0 Å². The lowest BCUT2D eigenvalue weighted by Crippen LogP contribution is -2.50. The molecule has 3 aliphatic rings. The van der Waals surface area contributed by atoms with Crippen LogP contribution in [0.5, 0.6) is 0 Å². The third-order valence-corrected chi connectivity index (χ3v) is 7.78. The number of nitrogens with zero attached hydrogens (tertiary/aromatic N) is 7. The van der Waals surface area contributed by atoms with E-state index in [2.05, 4.69) is 25.5 Å². The molecular formula is C27H35N9O3. The van der Waals surface area contributed by atoms with Crippen molar-refractivity contribution in [2.75, 3.05) is 63.1 Å². The number of ether oxygens (including phenoxy) is 1. The molecule has 0 spiro atoms. The second-order valence-electron chi connectivity index (χ2n) is 10.5. The second-order valence-corrected chi connectivity index (χ2v) is 10.5. The highest BCUT2D eigenvalue weighted by Crippen LogP contribution is 2.33. The van der Waals surface area contributed by atoms with Crippen LogP contribution in [0.4, 0.5) is 16.3 Å². The minimum absolute atomic E-state index is 0.0291.